The van der Waals surface area contributed by atoms with Crippen LogP contribution >= 0.6 is 7.82 Å². The minimum absolute atomic E-state index is 0.00858. The lowest BCUT2D eigenvalue weighted by molar-refractivity contribution is -0.385. The number of phosphoric ester groups is 1. The summed E-state index contributed by atoms with van der Waals surface area (Å²) in [7, 11) is -5.54. The second kappa shape index (κ2) is 45.5. The van der Waals surface area contributed by atoms with Crippen molar-refractivity contribution in [2.45, 2.75) is 400 Å². The van der Waals surface area contributed by atoms with Gasteiger partial charge in [0.2, 0.25) is 0 Å². The largest absolute Gasteiger partial charge is 0.472 e. The number of rotatable bonds is 47. The number of hydrogen-bond acceptors (Lipinski definition) is 26. The Morgan fingerprint density at radius 2 is 1.12 bits per heavy atom. The average molecular weight is 1580 g/mol. The van der Waals surface area contributed by atoms with Crippen LogP contribution in [0.4, 0.5) is 16.2 Å². The first kappa shape index (κ1) is 90.7. The molecule has 0 bridgehead atoms. The number of nitrogens with zero attached hydrogens (tertiary/aromatic N) is 4. The monoisotopic (exact) mass is 1580 g/mol. The van der Waals surface area contributed by atoms with Crippen LogP contribution in [0.1, 0.15) is 289 Å². The van der Waals surface area contributed by atoms with Crippen LogP contribution in [0.2, 0.25) is 0 Å². The Morgan fingerprint density at radius 3 is 1.62 bits per heavy atom. The van der Waals surface area contributed by atoms with Crippen molar-refractivity contribution in [2.24, 2.45) is 5.11 Å². The maximum atomic E-state index is 15.2. The summed E-state index contributed by atoms with van der Waals surface area (Å²) in [4.78, 5) is 82.3. The predicted octanol–water partition coefficient (Wildman–Crippen LogP) is 12.6. The number of phosphoric acid groups is 1. The van der Waals surface area contributed by atoms with Gasteiger partial charge in [0, 0.05) is 61.7 Å². The van der Waals surface area contributed by atoms with Crippen LogP contribution in [0.5, 0.6) is 0 Å². The molecule has 2 amide bonds. The second-order valence-electron chi connectivity index (χ2n) is 31.8. The number of aliphatic hydroxyl groups excluding tert-OH is 5. The van der Waals surface area contributed by atoms with Crippen LogP contribution in [-0.4, -0.2) is 207 Å². The predicted molar refractivity (Wildman–Crippen MR) is 399 cm³/mol. The molecule has 33 heteroatoms. The molecule has 0 radical (unpaired) electrons. The fourth-order valence-electron chi connectivity index (χ4n) is 15.9. The molecule has 4 aliphatic heterocycles. The van der Waals surface area contributed by atoms with Crippen LogP contribution in [0.3, 0.4) is 0 Å². The van der Waals surface area contributed by atoms with Gasteiger partial charge >= 0.3 is 25.9 Å². The van der Waals surface area contributed by atoms with Crippen LogP contribution in [0.25, 0.3) is 10.4 Å². The van der Waals surface area contributed by atoms with Gasteiger partial charge in [-0.1, -0.05) is 186 Å². The van der Waals surface area contributed by atoms with Crippen molar-refractivity contribution in [3.63, 3.8) is 0 Å². The van der Waals surface area contributed by atoms with Crippen LogP contribution in [0, 0.1) is 10.1 Å². The Morgan fingerprint density at radius 1 is 0.636 bits per heavy atom. The van der Waals surface area contributed by atoms with E-state index in [2.05, 4.69) is 34.5 Å². The number of carbonyl (C=O) groups excluding carboxylic acids is 4. The molecule has 0 aromatic heterocycles. The van der Waals surface area contributed by atoms with E-state index in [1.165, 1.54) is 96.3 Å². The third-order valence-electron chi connectivity index (χ3n) is 21.8. The molecule has 1 aromatic carbocycles. The van der Waals surface area contributed by atoms with Gasteiger partial charge in [-0.25, -0.2) is 9.36 Å². The van der Waals surface area contributed by atoms with E-state index in [-0.39, 0.29) is 18.5 Å². The Hall–Kier alpha value is -4.80. The summed E-state index contributed by atoms with van der Waals surface area (Å²) >= 11 is 0. The van der Waals surface area contributed by atoms with Crippen molar-refractivity contribution in [3.05, 3.63) is 44.3 Å². The number of aliphatic hydroxyl groups is 5. The quantitative estimate of drug-likeness (QED) is 0.00346. The number of benzene rings is 1. The van der Waals surface area contributed by atoms with E-state index in [0.29, 0.717) is 64.2 Å². The molecule has 3 saturated carbocycles. The first-order chi connectivity index (χ1) is 52.8. The van der Waals surface area contributed by atoms with E-state index in [0.717, 1.165) is 88.8 Å². The molecular formula is C77H127N6O26P. The fourth-order valence-corrected chi connectivity index (χ4v) is 16.9. The van der Waals surface area contributed by atoms with Gasteiger partial charge in [-0.2, -0.15) is 0 Å². The van der Waals surface area contributed by atoms with E-state index in [4.69, 9.17) is 61.2 Å². The van der Waals surface area contributed by atoms with E-state index >= 15 is 4.57 Å². The maximum Gasteiger partial charge on any atom is 0.472 e. The van der Waals surface area contributed by atoms with Crippen LogP contribution < -0.4 is 10.6 Å². The van der Waals surface area contributed by atoms with E-state index < -0.39 is 196 Å². The summed E-state index contributed by atoms with van der Waals surface area (Å²) in [6.45, 7) is 6.03. The number of amides is 2. The summed E-state index contributed by atoms with van der Waals surface area (Å²) in [5, 5.41) is 77.2. The molecular weight excluding hydrogens is 1460 g/mol. The van der Waals surface area contributed by atoms with Crippen LogP contribution in [0.15, 0.2) is 23.3 Å². The zero-order valence-corrected chi connectivity index (χ0v) is 66.2. The maximum absolute atomic E-state index is 15.2. The number of hydrogen-bond donors (Lipinski definition) is 8. The number of nitro groups is 1. The van der Waals surface area contributed by atoms with Crippen molar-refractivity contribution in [3.8, 4) is 0 Å². The lowest BCUT2D eigenvalue weighted by atomic mass is 9.84. The first-order valence-electron chi connectivity index (χ1n) is 41.1. The Balaban J connectivity index is 1.08. The van der Waals surface area contributed by atoms with Gasteiger partial charge in [0.15, 0.2) is 30.3 Å². The van der Waals surface area contributed by atoms with Crippen molar-refractivity contribution in [1.29, 1.82) is 0 Å². The lowest BCUT2D eigenvalue weighted by Gasteiger charge is -2.49. The molecule has 1 unspecified atom stereocenters. The first-order valence-corrected chi connectivity index (χ1v) is 42.6. The molecule has 2 spiro atoms. The van der Waals surface area contributed by atoms with Crippen molar-refractivity contribution >= 4 is 43.1 Å². The molecule has 7 fully saturated rings. The van der Waals surface area contributed by atoms with Crippen molar-refractivity contribution in [1.82, 2.24) is 10.6 Å². The Kier molecular flexibility index (Phi) is 37.5. The third-order valence-corrected chi connectivity index (χ3v) is 22.8. The number of unbranched alkanes of at least 4 members (excludes halogenated alkanes) is 24. The van der Waals surface area contributed by atoms with Gasteiger partial charge in [-0.05, 0) is 77.0 Å². The number of fused-ring (bicyclic) bond motifs is 3. The molecule has 110 heavy (non-hydrogen) atoms. The van der Waals surface area contributed by atoms with E-state index in [1.807, 2.05) is 0 Å². The van der Waals surface area contributed by atoms with Gasteiger partial charge < -0.3 is 93.2 Å². The highest BCUT2D eigenvalue weighted by Gasteiger charge is 2.69. The normalized spacial score (nSPS) is 29.1. The zero-order chi connectivity index (χ0) is 79.3. The number of carbonyl (C=O) groups is 4. The number of esters is 2. The second-order valence-corrected chi connectivity index (χ2v) is 33.3. The van der Waals surface area contributed by atoms with Gasteiger partial charge in [0.05, 0.1) is 18.1 Å². The summed E-state index contributed by atoms with van der Waals surface area (Å²) in [5.74, 6) is -4.94. The number of alkyl carbamates (subject to hydrolysis) is 1. The highest BCUT2D eigenvalue weighted by Crippen LogP contribution is 2.56. The minimum Gasteiger partial charge on any atom is -0.462 e. The molecule has 32 nitrogen and oxygen atoms in total. The van der Waals surface area contributed by atoms with Gasteiger partial charge in [0.25, 0.3) is 11.6 Å². The highest BCUT2D eigenvalue weighted by molar-refractivity contribution is 7.47. The highest BCUT2D eigenvalue weighted by atomic mass is 31.2. The summed E-state index contributed by atoms with van der Waals surface area (Å²) in [6, 6.07) is 1.10. The van der Waals surface area contributed by atoms with Gasteiger partial charge in [0.1, 0.15) is 103 Å². The number of nitrogens with one attached hydrogen (secondary N) is 2. The SMILES string of the molecule is CCCCCCCCCCCCCCCC(=O)OC[C@H](COP(=O)(O)O[C@H]1[C@H](O[C@H]2O[C@H](CNC(=O)c3cc(N=[N+]=[N-])ccc3[N+](=O)[O-])[C@@H](O[C@H]3O[C@H](CO)[C@@H](O)[C@H](O)[C@@H]3O)[C@H](O)[C@H]2NC(=O)OC(C)(C)C)[C@H]2OC3(CCCCC3)O[C@@H]2[C@H]2OC3(CCCCC3)O[C@H]21)OC(=O)CCCCCCCCCCCCCCC. The van der Waals surface area contributed by atoms with E-state index in [1.54, 1.807) is 20.8 Å². The molecule has 1 aromatic rings. The van der Waals surface area contributed by atoms with Crippen molar-refractivity contribution < 1.29 is 120 Å². The molecule has 3 aliphatic carbocycles. The molecule has 8 N–H and O–H groups in total. The minimum atomic E-state index is -5.54. The molecule has 4 saturated heterocycles. The zero-order valence-electron chi connectivity index (χ0n) is 65.3. The molecule has 626 valence electrons. The lowest BCUT2D eigenvalue weighted by Crippen LogP contribution is -2.70. The molecule has 4 heterocycles. The molecule has 18 atom stereocenters. The number of nitro benzene ring substituents is 1. The van der Waals surface area contributed by atoms with Gasteiger partial charge in [-0.15, -0.1) is 0 Å². The smallest absolute Gasteiger partial charge is 0.462 e. The molecule has 8 rings (SSSR count). The molecule has 7 aliphatic rings. The fraction of sp³-hybridized carbons (Fsp3) is 0.870. The van der Waals surface area contributed by atoms with Gasteiger partial charge in [-0.3, -0.25) is 33.5 Å². The topological polar surface area (TPSA) is 443 Å². The van der Waals surface area contributed by atoms with Crippen LogP contribution in [-0.2, 0) is 75.3 Å². The number of azide groups is 1. The average Bonchev–Trinajstić information content (AvgIpc) is 1.55. The Labute approximate surface area is 647 Å². The van der Waals surface area contributed by atoms with Crippen molar-refractivity contribution in [2.75, 3.05) is 26.4 Å². The standard InChI is InChI=1S/C77H127N6O26P/c1-6-8-10-12-14-16-18-20-22-24-26-28-32-38-57(85)97-49-52(99-58(86)39-33-29-27-25-23-21-19-17-15-13-11-9-7-2)50-98-110(95,96)109-70-65(66-67(105-76(104-66)42-34-30-35-43-76)68-69(70)107-77(106-68)44-36-31-37-45-77)103-72-59(80-74(92)108-75(3,4)5)61(88)64(102-73-63(90)62(89)60(87)56(48-84)101-73)55(100-72)47-79-71(91)53-46-51(81-82-78)40-41-54(53)83(93)94/h40-41,46,52,55-56,59-70,72-73,84,87-90H,6-39,42-45,47-50H2,1-5H3,(H,79,91)(H,80,92)(H,95,96)/t52-,55-,56-,59-,60-,61-,62+,63+,64-,65-,66-,67+,68-,69-,70+,72-,73-/m1/s1. The summed E-state index contributed by atoms with van der Waals surface area (Å²) < 4.78 is 98.6. The Bertz CT molecular complexity index is 3080. The summed E-state index contributed by atoms with van der Waals surface area (Å²) in [6.07, 6.45) is 6.10. The van der Waals surface area contributed by atoms with E-state index in [9.17, 15) is 65.2 Å². The number of ether oxygens (including phenoxy) is 11. The third kappa shape index (κ3) is 27.7. The summed E-state index contributed by atoms with van der Waals surface area (Å²) in [5.41, 5.74) is 6.54.